The van der Waals surface area contributed by atoms with Gasteiger partial charge in [-0.25, -0.2) is 4.79 Å². The maximum absolute atomic E-state index is 11.1. The van der Waals surface area contributed by atoms with Gasteiger partial charge in [-0.15, -0.1) is 0 Å². The topological polar surface area (TPSA) is 91.5 Å². The van der Waals surface area contributed by atoms with E-state index in [2.05, 4.69) is 16.8 Å². The number of hydrogen-bond donors (Lipinski definition) is 2. The van der Waals surface area contributed by atoms with Gasteiger partial charge in [0.1, 0.15) is 0 Å². The van der Waals surface area contributed by atoms with Gasteiger partial charge in [-0.3, -0.25) is 0 Å². The van der Waals surface area contributed by atoms with E-state index in [-0.39, 0.29) is 18.0 Å². The summed E-state index contributed by atoms with van der Waals surface area (Å²) in [6.07, 6.45) is 1.51. The number of benzene rings is 2. The third kappa shape index (κ3) is 3.03. The number of aromatic hydroxyl groups is 1. The van der Waals surface area contributed by atoms with Crippen LogP contribution in [0.5, 0.6) is 5.75 Å². The lowest BCUT2D eigenvalue weighted by atomic mass is 10.1. The Hall–Kier alpha value is -3.03. The van der Waals surface area contributed by atoms with Crippen LogP contribution >= 0.6 is 0 Å². The van der Waals surface area contributed by atoms with Gasteiger partial charge in [0, 0.05) is 18.6 Å². The Balaban J connectivity index is 1.89. The molecule has 1 aliphatic heterocycles. The number of nitrogens with zero attached hydrogens (tertiary/aromatic N) is 3. The van der Waals surface area contributed by atoms with Crippen molar-refractivity contribution in [2.45, 2.75) is 6.42 Å². The van der Waals surface area contributed by atoms with Crippen LogP contribution in [0.4, 0.5) is 5.69 Å². The second-order valence-electron chi connectivity index (χ2n) is 5.20. The van der Waals surface area contributed by atoms with Crippen LogP contribution in [0.2, 0.25) is 0 Å². The highest BCUT2D eigenvalue weighted by atomic mass is 16.6. The fourth-order valence-electron chi connectivity index (χ4n) is 2.36. The molecule has 2 aromatic rings. The van der Waals surface area contributed by atoms with Gasteiger partial charge in [0.25, 0.3) is 5.69 Å². The summed E-state index contributed by atoms with van der Waals surface area (Å²) in [4.78, 5) is 9.95. The van der Waals surface area contributed by atoms with E-state index in [1.807, 2.05) is 0 Å². The van der Waals surface area contributed by atoms with Crippen LogP contribution in [0.3, 0.4) is 0 Å². The highest BCUT2D eigenvalue weighted by molar-refractivity contribution is 5.81. The van der Waals surface area contributed by atoms with Crippen molar-refractivity contribution in [3.8, 4) is 5.75 Å². The van der Waals surface area contributed by atoms with Crippen LogP contribution in [0.15, 0.2) is 65.3 Å². The van der Waals surface area contributed by atoms with Crippen molar-refractivity contribution in [1.82, 2.24) is 4.86 Å². The number of fused-ring (bicyclic) bond motifs is 1. The molecule has 0 atom stereocenters. The normalized spacial score (nSPS) is 14.2. The molecule has 0 aromatic heterocycles. The largest absolute Gasteiger partial charge is 0.502 e. The van der Waals surface area contributed by atoms with Gasteiger partial charge in [0.15, 0.2) is 16.5 Å². The van der Waals surface area contributed by atoms with E-state index < -0.39 is 10.8 Å². The van der Waals surface area contributed by atoms with Crippen LogP contribution in [0.25, 0.3) is 0 Å². The molecule has 0 spiro atoms. The van der Waals surface area contributed by atoms with Gasteiger partial charge in [0.2, 0.25) is 0 Å². The molecule has 3 rings (SSSR count). The molecule has 0 amide bonds. The summed E-state index contributed by atoms with van der Waals surface area (Å²) < 4.78 is 4.93. The molecule has 7 heteroatoms. The van der Waals surface area contributed by atoms with Gasteiger partial charge in [-0.05, 0) is 34.0 Å². The number of hydrogen-bond acceptors (Lipinski definition) is 6. The smallest absolute Gasteiger partial charge is 0.330 e. The predicted octanol–water partition coefficient (Wildman–Crippen LogP) is 1.14. The molecule has 1 aliphatic rings. The zero-order chi connectivity index (χ0) is 17.2. The van der Waals surface area contributed by atoms with Crippen molar-refractivity contribution >= 4 is 11.7 Å². The second-order valence-corrected chi connectivity index (χ2v) is 5.20. The molecule has 0 saturated heterocycles. The lowest BCUT2D eigenvalue weighted by Crippen LogP contribution is -2.32. The lowest BCUT2D eigenvalue weighted by molar-refractivity contribution is -0.137. The maximum Gasteiger partial charge on any atom is 0.330 e. The van der Waals surface area contributed by atoms with Crippen LogP contribution in [-0.4, -0.2) is 22.9 Å². The Labute approximate surface area is 137 Å². The molecule has 0 unspecified atom stereocenters. The fraction of sp³-hybridized carbons (Fsp3) is 0.118. The molecule has 0 aliphatic carbocycles. The number of quaternary nitrogens is 1. The third-order valence-corrected chi connectivity index (χ3v) is 3.54. The van der Waals surface area contributed by atoms with Crippen molar-refractivity contribution in [2.24, 2.45) is 10.2 Å². The molecule has 0 radical (unpaired) electrons. The summed E-state index contributed by atoms with van der Waals surface area (Å²) in [6, 6.07) is 11.7. The van der Waals surface area contributed by atoms with Crippen molar-refractivity contribution in [2.75, 3.05) is 6.61 Å². The summed E-state index contributed by atoms with van der Waals surface area (Å²) in [5.74, 6) is -0.635. The van der Waals surface area contributed by atoms with Gasteiger partial charge >= 0.3 is 5.97 Å². The Kier molecular flexibility index (Phi) is 4.11. The molecular weight excluding hydrogens is 310 g/mol. The molecule has 122 valence electrons. The number of carbonyl (C=O) groups excluding carboxylic acids is 1. The summed E-state index contributed by atoms with van der Waals surface area (Å²) in [5.41, 5.74) is 0.881. The Morgan fingerprint density at radius 3 is 2.50 bits per heavy atom. The molecule has 7 nitrogen and oxygen atoms in total. The molecule has 0 saturated carbocycles. The van der Waals surface area contributed by atoms with Gasteiger partial charge in [-0.2, -0.15) is 5.21 Å². The van der Waals surface area contributed by atoms with Crippen LogP contribution in [0.1, 0.15) is 5.56 Å². The van der Waals surface area contributed by atoms with E-state index in [1.165, 1.54) is 6.07 Å². The van der Waals surface area contributed by atoms with Crippen LogP contribution in [-0.2, 0) is 16.0 Å². The van der Waals surface area contributed by atoms with E-state index in [1.54, 1.807) is 36.4 Å². The minimum atomic E-state index is -1.11. The van der Waals surface area contributed by atoms with Crippen molar-refractivity contribution < 1.29 is 19.8 Å². The standard InChI is InChI=1S/C17H15N3O4/c1-2-17(22)24-10-9-12-7-8-16(21)15(11-12)20(23)18-13-5-3-4-6-14(13)19-20/h2-8,11,23H,1,9-10H2/p+1. The first kappa shape index (κ1) is 15.9. The molecule has 1 heterocycles. The number of rotatable bonds is 5. The number of phenols is 1. The maximum atomic E-state index is 11.1. The number of carbonyl (C=O) groups is 1. The Morgan fingerprint density at radius 1 is 1.21 bits per heavy atom. The number of ether oxygens (including phenoxy) is 1. The minimum Gasteiger partial charge on any atom is -0.502 e. The first-order valence-corrected chi connectivity index (χ1v) is 7.31. The molecule has 0 fully saturated rings. The summed E-state index contributed by atoms with van der Waals surface area (Å²) in [7, 11) is 0. The second kappa shape index (κ2) is 6.23. The summed E-state index contributed by atoms with van der Waals surface area (Å²) in [5, 5.41) is 30.1. The number of esters is 1. The van der Waals surface area contributed by atoms with E-state index in [4.69, 9.17) is 4.74 Å². The Morgan fingerprint density at radius 2 is 1.88 bits per heavy atom. The minimum absolute atomic E-state index is 0.124. The summed E-state index contributed by atoms with van der Waals surface area (Å²) >= 11 is 0. The molecule has 0 bridgehead atoms. The molecule has 24 heavy (non-hydrogen) atoms. The van der Waals surface area contributed by atoms with Gasteiger partial charge < -0.3 is 9.84 Å². The fourth-order valence-corrected chi connectivity index (χ4v) is 2.36. The molecule has 2 N–H and O–H groups in total. The zero-order valence-electron chi connectivity index (χ0n) is 12.8. The Bertz CT molecular complexity index is 889. The van der Waals surface area contributed by atoms with Crippen LogP contribution in [0, 0.1) is 0 Å². The first-order valence-electron chi connectivity index (χ1n) is 7.31. The monoisotopic (exact) mass is 326 g/mol. The molecular formula is C17H16N3O4+. The predicted molar refractivity (Wildman–Crippen MR) is 85.3 cm³/mol. The van der Waals surface area contributed by atoms with Crippen molar-refractivity contribution in [3.63, 3.8) is 0 Å². The van der Waals surface area contributed by atoms with Crippen molar-refractivity contribution in [3.05, 3.63) is 71.4 Å². The SMILES string of the molecule is C=CC(=O)OCCc1ccc(O)c([N+]2(O)N=c3ccccc3=N2)c1. The van der Waals surface area contributed by atoms with E-state index >= 15 is 0 Å². The van der Waals surface area contributed by atoms with Crippen molar-refractivity contribution in [1.29, 1.82) is 0 Å². The number of phenolic OH excluding ortho intramolecular Hbond substituents is 1. The van der Waals surface area contributed by atoms with E-state index in [9.17, 15) is 15.1 Å². The van der Waals surface area contributed by atoms with Gasteiger partial charge in [-0.1, -0.05) is 24.8 Å². The van der Waals surface area contributed by atoms with E-state index in [0.717, 1.165) is 11.6 Å². The third-order valence-electron chi connectivity index (χ3n) is 3.54. The zero-order valence-corrected chi connectivity index (χ0v) is 12.8. The lowest BCUT2D eigenvalue weighted by Gasteiger charge is -2.15. The quantitative estimate of drug-likeness (QED) is 0.490. The molecule has 2 aromatic carbocycles. The average Bonchev–Trinajstić information content (AvgIpc) is 2.93. The van der Waals surface area contributed by atoms with E-state index in [0.29, 0.717) is 17.1 Å². The highest BCUT2D eigenvalue weighted by Gasteiger charge is 2.36. The first-order chi connectivity index (χ1) is 11.5. The summed E-state index contributed by atoms with van der Waals surface area (Å²) in [6.45, 7) is 3.49. The average molecular weight is 326 g/mol. The van der Waals surface area contributed by atoms with Crippen LogP contribution < -0.4 is 15.6 Å². The highest BCUT2D eigenvalue weighted by Crippen LogP contribution is 2.33. The van der Waals surface area contributed by atoms with Gasteiger partial charge in [0.05, 0.1) is 11.5 Å².